The highest BCUT2D eigenvalue weighted by Crippen LogP contribution is 2.28. The SMILES string of the molecule is CCOC1CCCCN(C(=O)c2ccc(OC(C)C)c(C)n2)CCCOC(c2cccc(C)c2)C1. The van der Waals surface area contributed by atoms with E-state index in [0.717, 1.165) is 43.5 Å². The van der Waals surface area contributed by atoms with Crippen molar-refractivity contribution in [3.05, 3.63) is 58.9 Å². The molecule has 0 spiro atoms. The third-order valence-electron chi connectivity index (χ3n) is 6.30. The van der Waals surface area contributed by atoms with Gasteiger partial charge in [-0.15, -0.1) is 0 Å². The van der Waals surface area contributed by atoms with Gasteiger partial charge in [0.15, 0.2) is 0 Å². The Hall–Kier alpha value is -2.44. The van der Waals surface area contributed by atoms with Crippen LogP contribution in [0, 0.1) is 13.8 Å². The monoisotopic (exact) mass is 482 g/mol. The minimum Gasteiger partial charge on any atom is -0.489 e. The van der Waals surface area contributed by atoms with Gasteiger partial charge in [-0.1, -0.05) is 29.8 Å². The Morgan fingerprint density at radius 1 is 1.14 bits per heavy atom. The molecule has 0 aliphatic carbocycles. The molecule has 3 rings (SSSR count). The largest absolute Gasteiger partial charge is 0.489 e. The van der Waals surface area contributed by atoms with Crippen LogP contribution in [0.25, 0.3) is 0 Å². The number of carbonyl (C=O) groups is 1. The van der Waals surface area contributed by atoms with Gasteiger partial charge in [0.1, 0.15) is 11.4 Å². The lowest BCUT2D eigenvalue weighted by Gasteiger charge is -2.28. The van der Waals surface area contributed by atoms with Gasteiger partial charge in [-0.05, 0) is 78.0 Å². The molecule has 0 bridgehead atoms. The second kappa shape index (κ2) is 13.6. The zero-order valence-corrected chi connectivity index (χ0v) is 22.1. The Balaban J connectivity index is 1.71. The molecule has 1 aliphatic heterocycles. The molecule has 192 valence electrons. The molecule has 1 aromatic carbocycles. The van der Waals surface area contributed by atoms with E-state index in [9.17, 15) is 4.79 Å². The van der Waals surface area contributed by atoms with Crippen LogP contribution >= 0.6 is 0 Å². The molecule has 2 heterocycles. The van der Waals surface area contributed by atoms with Gasteiger partial charge in [0.05, 0.1) is 24.0 Å². The van der Waals surface area contributed by atoms with Gasteiger partial charge in [-0.2, -0.15) is 0 Å². The van der Waals surface area contributed by atoms with Crippen LogP contribution in [0.15, 0.2) is 36.4 Å². The first kappa shape index (κ1) is 27.2. The van der Waals surface area contributed by atoms with E-state index in [-0.39, 0.29) is 24.2 Å². The molecule has 2 unspecified atom stereocenters. The lowest BCUT2D eigenvalue weighted by Crippen LogP contribution is -2.34. The molecule has 0 radical (unpaired) electrons. The molecule has 1 aliphatic rings. The fourth-order valence-electron chi connectivity index (χ4n) is 4.59. The predicted octanol–water partition coefficient (Wildman–Crippen LogP) is 6.05. The minimum absolute atomic E-state index is 0.00662. The molecule has 6 nitrogen and oxygen atoms in total. The fraction of sp³-hybridized carbons (Fsp3) is 0.586. The molecule has 0 saturated carbocycles. The zero-order valence-electron chi connectivity index (χ0n) is 22.1. The van der Waals surface area contributed by atoms with Crippen molar-refractivity contribution >= 4 is 5.91 Å². The number of carbonyl (C=O) groups excluding carboxylic acids is 1. The average molecular weight is 483 g/mol. The van der Waals surface area contributed by atoms with Crippen molar-refractivity contribution in [1.82, 2.24) is 9.88 Å². The number of aryl methyl sites for hydroxylation is 2. The van der Waals surface area contributed by atoms with Gasteiger partial charge in [0, 0.05) is 32.7 Å². The lowest BCUT2D eigenvalue weighted by atomic mass is 9.98. The Labute approximate surface area is 211 Å². The molecule has 1 fully saturated rings. The Morgan fingerprint density at radius 3 is 2.66 bits per heavy atom. The number of hydrogen-bond donors (Lipinski definition) is 0. The number of amides is 1. The summed E-state index contributed by atoms with van der Waals surface area (Å²) in [7, 11) is 0. The van der Waals surface area contributed by atoms with E-state index in [0.29, 0.717) is 32.0 Å². The van der Waals surface area contributed by atoms with Crippen LogP contribution in [0.5, 0.6) is 5.75 Å². The molecule has 0 N–H and O–H groups in total. The van der Waals surface area contributed by atoms with Gasteiger partial charge in [-0.3, -0.25) is 4.79 Å². The van der Waals surface area contributed by atoms with Gasteiger partial charge >= 0.3 is 0 Å². The molecular formula is C29H42N2O4. The van der Waals surface area contributed by atoms with Crippen molar-refractivity contribution in [3.63, 3.8) is 0 Å². The first-order valence-corrected chi connectivity index (χ1v) is 13.1. The molecule has 2 atom stereocenters. The summed E-state index contributed by atoms with van der Waals surface area (Å²) in [6.45, 7) is 12.7. The topological polar surface area (TPSA) is 60.9 Å². The molecule has 1 amide bonds. The summed E-state index contributed by atoms with van der Waals surface area (Å²) >= 11 is 0. The first-order valence-electron chi connectivity index (χ1n) is 13.1. The molecule has 35 heavy (non-hydrogen) atoms. The summed E-state index contributed by atoms with van der Waals surface area (Å²) in [4.78, 5) is 19.8. The smallest absolute Gasteiger partial charge is 0.272 e. The van der Waals surface area contributed by atoms with Crippen molar-refractivity contribution in [3.8, 4) is 5.75 Å². The summed E-state index contributed by atoms with van der Waals surface area (Å²) < 4.78 is 18.3. The van der Waals surface area contributed by atoms with Crippen LogP contribution in [-0.2, 0) is 9.47 Å². The van der Waals surface area contributed by atoms with E-state index >= 15 is 0 Å². The van der Waals surface area contributed by atoms with Crippen LogP contribution in [0.4, 0.5) is 0 Å². The number of pyridine rings is 1. The van der Waals surface area contributed by atoms with Crippen LogP contribution in [0.1, 0.15) is 86.3 Å². The number of rotatable bonds is 6. The normalized spacial score (nSPS) is 20.2. The highest BCUT2D eigenvalue weighted by Gasteiger charge is 2.23. The highest BCUT2D eigenvalue weighted by molar-refractivity contribution is 5.92. The number of aromatic nitrogens is 1. The van der Waals surface area contributed by atoms with E-state index < -0.39 is 0 Å². The maximum absolute atomic E-state index is 13.3. The Kier molecular flexibility index (Phi) is 10.5. The first-order chi connectivity index (χ1) is 16.9. The minimum atomic E-state index is -0.0298. The summed E-state index contributed by atoms with van der Waals surface area (Å²) in [5.41, 5.74) is 3.64. The molecule has 2 aromatic rings. The predicted molar refractivity (Wildman–Crippen MR) is 139 cm³/mol. The Bertz CT molecular complexity index is 946. The average Bonchev–Trinajstić information content (AvgIpc) is 2.81. The highest BCUT2D eigenvalue weighted by atomic mass is 16.5. The second-order valence-electron chi connectivity index (χ2n) is 9.67. The molecular weight excluding hydrogens is 440 g/mol. The number of ether oxygens (including phenoxy) is 3. The van der Waals surface area contributed by atoms with E-state index in [1.807, 2.05) is 38.7 Å². The van der Waals surface area contributed by atoms with Crippen molar-refractivity contribution < 1.29 is 19.0 Å². The van der Waals surface area contributed by atoms with Crippen molar-refractivity contribution in [2.45, 2.75) is 85.0 Å². The Morgan fingerprint density at radius 2 is 1.94 bits per heavy atom. The van der Waals surface area contributed by atoms with Gasteiger partial charge in [0.25, 0.3) is 5.91 Å². The quantitative estimate of drug-likeness (QED) is 0.501. The van der Waals surface area contributed by atoms with E-state index in [1.54, 1.807) is 6.07 Å². The van der Waals surface area contributed by atoms with Crippen molar-refractivity contribution in [2.24, 2.45) is 0 Å². The third-order valence-corrected chi connectivity index (χ3v) is 6.30. The zero-order chi connectivity index (χ0) is 25.2. The van der Waals surface area contributed by atoms with Crippen molar-refractivity contribution in [2.75, 3.05) is 26.3 Å². The summed E-state index contributed by atoms with van der Waals surface area (Å²) in [5, 5.41) is 0. The molecule has 1 aromatic heterocycles. The van der Waals surface area contributed by atoms with E-state index in [4.69, 9.17) is 14.2 Å². The lowest BCUT2D eigenvalue weighted by molar-refractivity contribution is -0.0223. The third kappa shape index (κ3) is 8.32. The number of hydrogen-bond acceptors (Lipinski definition) is 5. The maximum atomic E-state index is 13.3. The van der Waals surface area contributed by atoms with Crippen LogP contribution in [-0.4, -0.2) is 54.3 Å². The second-order valence-corrected chi connectivity index (χ2v) is 9.67. The maximum Gasteiger partial charge on any atom is 0.272 e. The standard InChI is InChI=1S/C29H42N2O4/c1-6-33-25-13-7-8-16-31(29(32)26-14-15-27(23(5)30-26)35-21(2)3)17-10-18-34-28(20-25)24-12-9-11-22(4)19-24/h9,11-12,14-15,19,21,25,28H,6-8,10,13,16-18,20H2,1-5H3. The summed E-state index contributed by atoms with van der Waals surface area (Å²) in [6, 6.07) is 12.2. The fourth-order valence-corrected chi connectivity index (χ4v) is 4.59. The van der Waals surface area contributed by atoms with E-state index in [1.165, 1.54) is 11.1 Å². The van der Waals surface area contributed by atoms with E-state index in [2.05, 4.69) is 36.2 Å². The summed E-state index contributed by atoms with van der Waals surface area (Å²) in [5.74, 6) is 0.695. The van der Waals surface area contributed by atoms with Gasteiger partial charge in [0.2, 0.25) is 0 Å². The molecule has 1 saturated heterocycles. The number of benzene rings is 1. The van der Waals surface area contributed by atoms with Crippen LogP contribution < -0.4 is 4.74 Å². The van der Waals surface area contributed by atoms with Crippen molar-refractivity contribution in [1.29, 1.82) is 0 Å². The van der Waals surface area contributed by atoms with Crippen LogP contribution in [0.3, 0.4) is 0 Å². The van der Waals surface area contributed by atoms with Crippen LogP contribution in [0.2, 0.25) is 0 Å². The number of nitrogens with zero attached hydrogens (tertiary/aromatic N) is 2. The summed E-state index contributed by atoms with van der Waals surface area (Å²) in [6.07, 6.45) is 4.74. The van der Waals surface area contributed by atoms with Gasteiger partial charge < -0.3 is 19.1 Å². The molecule has 6 heteroatoms. The van der Waals surface area contributed by atoms with Gasteiger partial charge in [-0.25, -0.2) is 4.98 Å².